The molecule has 0 radical (unpaired) electrons. The first-order chi connectivity index (χ1) is 12.0. The maximum atomic E-state index is 12.2. The minimum Gasteiger partial charge on any atom is -0.499 e. The van der Waals surface area contributed by atoms with E-state index in [1.54, 1.807) is 31.5 Å². The van der Waals surface area contributed by atoms with Gasteiger partial charge in [0.25, 0.3) is 0 Å². The highest BCUT2D eigenvalue weighted by atomic mass is 32.1. The highest BCUT2D eigenvalue weighted by Crippen LogP contribution is 2.37. The van der Waals surface area contributed by atoms with Crippen LogP contribution in [0.25, 0.3) is 15.8 Å². The van der Waals surface area contributed by atoms with Crippen molar-refractivity contribution >= 4 is 34.0 Å². The number of thiazole rings is 1. The number of hydrogen-bond acceptors (Lipinski definition) is 6. The van der Waals surface area contributed by atoms with Crippen LogP contribution < -0.4 is 4.74 Å². The molecule has 0 amide bonds. The van der Waals surface area contributed by atoms with Crippen LogP contribution >= 0.6 is 11.3 Å². The van der Waals surface area contributed by atoms with Crippen molar-refractivity contribution in [3.8, 4) is 5.75 Å². The molecule has 1 aromatic carbocycles. The number of fused-ring (bicyclic) bond motifs is 1. The average Bonchev–Trinajstić information content (AvgIpc) is 3.13. The molecule has 0 bridgehead atoms. The molecule has 25 heavy (non-hydrogen) atoms. The third kappa shape index (κ3) is 3.21. The van der Waals surface area contributed by atoms with Gasteiger partial charge in [0.1, 0.15) is 29.3 Å². The Labute approximate surface area is 148 Å². The van der Waals surface area contributed by atoms with Crippen molar-refractivity contribution < 1.29 is 18.7 Å². The largest absolute Gasteiger partial charge is 0.499 e. The molecule has 0 fully saturated rings. The zero-order valence-electron chi connectivity index (χ0n) is 14.1. The molecule has 0 aliphatic carbocycles. The second-order valence-electron chi connectivity index (χ2n) is 5.33. The van der Waals surface area contributed by atoms with E-state index in [1.165, 1.54) is 11.3 Å². The fourth-order valence-electron chi connectivity index (χ4n) is 2.50. The first-order valence-electron chi connectivity index (χ1n) is 7.68. The number of aryl methyl sites for hydroxylation is 2. The van der Waals surface area contributed by atoms with E-state index in [4.69, 9.17) is 20.5 Å². The first-order valence-corrected chi connectivity index (χ1v) is 8.56. The van der Waals surface area contributed by atoms with Gasteiger partial charge < -0.3 is 13.9 Å². The number of rotatable bonds is 5. The Morgan fingerprint density at radius 2 is 2.20 bits per heavy atom. The van der Waals surface area contributed by atoms with Gasteiger partial charge in [-0.05, 0) is 32.9 Å². The van der Waals surface area contributed by atoms with E-state index in [9.17, 15) is 4.79 Å². The predicted molar refractivity (Wildman–Crippen MR) is 94.4 cm³/mol. The Hall–Kier alpha value is -2.85. The first kappa shape index (κ1) is 17.0. The monoisotopic (exact) mass is 356 g/mol. The van der Waals surface area contributed by atoms with Gasteiger partial charge in [0, 0.05) is 5.39 Å². The van der Waals surface area contributed by atoms with Crippen molar-refractivity contribution in [2.24, 2.45) is 0 Å². The van der Waals surface area contributed by atoms with Gasteiger partial charge in [0.05, 0.1) is 29.3 Å². The second-order valence-corrected chi connectivity index (χ2v) is 6.27. The Kier molecular flexibility index (Phi) is 4.72. The van der Waals surface area contributed by atoms with Gasteiger partial charge in [0.15, 0.2) is 0 Å². The van der Waals surface area contributed by atoms with E-state index in [0.717, 1.165) is 10.6 Å². The zero-order chi connectivity index (χ0) is 18.0. The van der Waals surface area contributed by atoms with Crippen LogP contribution in [0.15, 0.2) is 22.1 Å². The number of carbonyl (C=O) groups is 1. The zero-order valence-corrected chi connectivity index (χ0v) is 14.9. The number of esters is 1. The highest BCUT2D eigenvalue weighted by molar-refractivity contribution is 7.09. The van der Waals surface area contributed by atoms with Crippen LogP contribution in [-0.2, 0) is 11.3 Å². The molecule has 128 valence electrons. The van der Waals surface area contributed by atoms with E-state index in [2.05, 4.69) is 9.83 Å². The average molecular weight is 356 g/mol. The van der Waals surface area contributed by atoms with Crippen molar-refractivity contribution in [3.05, 3.63) is 51.0 Å². The molecule has 6 nitrogen and oxygen atoms in total. The van der Waals surface area contributed by atoms with Crippen molar-refractivity contribution in [2.75, 3.05) is 6.61 Å². The number of hydrogen-bond donors (Lipinski definition) is 0. The molecule has 0 atom stereocenters. The molecule has 0 N–H and O–H groups in total. The molecule has 0 aliphatic heterocycles. The lowest BCUT2D eigenvalue weighted by Gasteiger charge is -2.08. The Morgan fingerprint density at radius 1 is 1.40 bits per heavy atom. The Bertz CT molecular complexity index is 981. The summed E-state index contributed by atoms with van der Waals surface area (Å²) < 4.78 is 16.6. The predicted octanol–water partition coefficient (Wildman–Crippen LogP) is 4.81. The molecule has 7 heteroatoms. The Balaban J connectivity index is 2.02. The van der Waals surface area contributed by atoms with Gasteiger partial charge in [0.2, 0.25) is 5.69 Å². The summed E-state index contributed by atoms with van der Waals surface area (Å²) in [7, 11) is 0. The van der Waals surface area contributed by atoms with E-state index in [-0.39, 0.29) is 6.61 Å². The van der Waals surface area contributed by atoms with Crippen molar-refractivity contribution in [1.82, 2.24) is 4.98 Å². The van der Waals surface area contributed by atoms with Gasteiger partial charge in [-0.2, -0.15) is 0 Å². The maximum Gasteiger partial charge on any atom is 0.342 e. The normalized spacial score (nSPS) is 10.6. The van der Waals surface area contributed by atoms with Crippen LogP contribution in [0, 0.1) is 20.4 Å². The van der Waals surface area contributed by atoms with E-state index >= 15 is 0 Å². The summed E-state index contributed by atoms with van der Waals surface area (Å²) in [6.07, 6.45) is 0. The van der Waals surface area contributed by atoms with Gasteiger partial charge in [-0.3, -0.25) is 0 Å². The molecule has 3 aromatic rings. The minimum atomic E-state index is -0.446. The molecule has 3 rings (SSSR count). The number of furan rings is 1. The van der Waals surface area contributed by atoms with Gasteiger partial charge in [-0.25, -0.2) is 14.6 Å². The molecular weight excluding hydrogens is 340 g/mol. The van der Waals surface area contributed by atoms with Crippen LogP contribution in [0.5, 0.6) is 5.75 Å². The summed E-state index contributed by atoms with van der Waals surface area (Å²) in [6.45, 7) is 13.3. The third-order valence-corrected chi connectivity index (χ3v) is 4.66. The Morgan fingerprint density at radius 3 is 2.84 bits per heavy atom. The van der Waals surface area contributed by atoms with Gasteiger partial charge in [-0.15, -0.1) is 11.3 Å². The molecule has 2 aromatic heterocycles. The summed E-state index contributed by atoms with van der Waals surface area (Å²) in [4.78, 5) is 20.9. The fraction of sp³-hybridized carbons (Fsp3) is 0.278. The quantitative estimate of drug-likeness (QED) is 0.485. The van der Waals surface area contributed by atoms with Crippen LogP contribution in [0.3, 0.4) is 0 Å². The molecule has 0 saturated carbocycles. The molecular formula is C18H16N2O4S. The summed E-state index contributed by atoms with van der Waals surface area (Å²) in [5.41, 5.74) is 3.83. The number of carbonyl (C=O) groups excluding carboxylic acids is 1. The van der Waals surface area contributed by atoms with Crippen molar-refractivity contribution in [1.29, 1.82) is 0 Å². The van der Waals surface area contributed by atoms with Gasteiger partial charge >= 0.3 is 5.97 Å². The van der Waals surface area contributed by atoms with Crippen molar-refractivity contribution in [3.63, 3.8) is 0 Å². The maximum absolute atomic E-state index is 12.2. The van der Waals surface area contributed by atoms with E-state index in [1.807, 2.05) is 6.92 Å². The van der Waals surface area contributed by atoms with E-state index < -0.39 is 5.97 Å². The number of ether oxygens (including phenoxy) is 2. The van der Waals surface area contributed by atoms with Crippen molar-refractivity contribution in [2.45, 2.75) is 27.4 Å². The summed E-state index contributed by atoms with van der Waals surface area (Å²) in [5, 5.41) is 0.583. The van der Waals surface area contributed by atoms with Crippen LogP contribution in [0.1, 0.15) is 33.6 Å². The summed E-state index contributed by atoms with van der Waals surface area (Å²) >= 11 is 1.50. The highest BCUT2D eigenvalue weighted by Gasteiger charge is 2.21. The van der Waals surface area contributed by atoms with Crippen LogP contribution in [0.2, 0.25) is 0 Å². The number of nitrogens with zero attached hydrogens (tertiary/aromatic N) is 2. The lowest BCUT2D eigenvalue weighted by molar-refractivity contribution is 0.0526. The standard InChI is InChI=1S/C18H16N2O4S/c1-5-22-18(21)17-11(3)24-14-7-13(19-4)15(6-12(14)17)23-8-16-10(2)20-9-25-16/h6-7,9H,5,8H2,1-3H3. The fourth-order valence-corrected chi connectivity index (χ4v) is 3.19. The smallest absolute Gasteiger partial charge is 0.342 e. The minimum absolute atomic E-state index is 0.277. The second kappa shape index (κ2) is 6.95. The topological polar surface area (TPSA) is 65.9 Å². The lowest BCUT2D eigenvalue weighted by atomic mass is 10.1. The summed E-state index contributed by atoms with van der Waals surface area (Å²) in [5.74, 6) is 0.417. The lowest BCUT2D eigenvalue weighted by Crippen LogP contribution is -2.05. The van der Waals surface area contributed by atoms with Gasteiger partial charge in [-0.1, -0.05) is 0 Å². The number of aromatic nitrogens is 1. The summed E-state index contributed by atoms with van der Waals surface area (Å²) in [6, 6.07) is 3.26. The molecule has 2 heterocycles. The SMILES string of the molecule is [C-]#[N+]c1cc2oc(C)c(C(=O)OCC)c2cc1OCc1scnc1C. The molecule has 0 aliphatic rings. The molecule has 0 unspecified atom stereocenters. The molecule has 0 saturated heterocycles. The third-order valence-electron chi connectivity index (χ3n) is 3.75. The van der Waals surface area contributed by atoms with E-state index in [0.29, 0.717) is 40.3 Å². The van der Waals surface area contributed by atoms with Crippen LogP contribution in [-0.4, -0.2) is 17.6 Å². The molecule has 0 spiro atoms. The van der Waals surface area contributed by atoms with Crippen LogP contribution in [0.4, 0.5) is 5.69 Å². The number of benzene rings is 1.